The number of nitrogens with one attached hydrogen (secondary N) is 1. The average Bonchev–Trinajstić information content (AvgIpc) is 2.86. The van der Waals surface area contributed by atoms with Crippen LogP contribution in [0.3, 0.4) is 0 Å². The largest absolute Gasteiger partial charge is 0.492 e. The third-order valence-electron chi connectivity index (χ3n) is 4.04. The number of carbonyl (C=O) groups is 1. The van der Waals surface area contributed by atoms with Crippen molar-refractivity contribution in [1.29, 1.82) is 0 Å². The van der Waals surface area contributed by atoms with Gasteiger partial charge in [0.05, 0.1) is 5.41 Å². The zero-order valence-electron chi connectivity index (χ0n) is 13.1. The molecule has 1 unspecified atom stereocenters. The van der Waals surface area contributed by atoms with Crippen molar-refractivity contribution >= 4 is 5.97 Å². The lowest BCUT2D eigenvalue weighted by Crippen LogP contribution is -2.30. The molecule has 1 aromatic rings. The molecule has 0 saturated carbocycles. The third-order valence-corrected chi connectivity index (χ3v) is 4.04. The minimum absolute atomic E-state index is 0.186. The summed E-state index contributed by atoms with van der Waals surface area (Å²) in [6.45, 7) is 6.73. The fourth-order valence-corrected chi connectivity index (χ4v) is 2.61. The van der Waals surface area contributed by atoms with Gasteiger partial charge >= 0.3 is 5.97 Å². The molecule has 1 aliphatic rings. The Balaban J connectivity index is 2.10. The van der Waals surface area contributed by atoms with Gasteiger partial charge in [0.25, 0.3) is 0 Å². The van der Waals surface area contributed by atoms with Gasteiger partial charge < -0.3 is 15.2 Å². The third kappa shape index (κ3) is 3.56. The van der Waals surface area contributed by atoms with Gasteiger partial charge in [0.1, 0.15) is 12.4 Å². The van der Waals surface area contributed by atoms with Crippen molar-refractivity contribution in [3.8, 4) is 5.75 Å². The summed E-state index contributed by atoms with van der Waals surface area (Å²) in [6, 6.07) is 6.48. The molecule has 0 radical (unpaired) electrons. The van der Waals surface area contributed by atoms with Gasteiger partial charge in [-0.1, -0.05) is 19.1 Å². The second-order valence-electron chi connectivity index (χ2n) is 6.35. The monoisotopic (exact) mass is 291 g/mol. The van der Waals surface area contributed by atoms with Crippen LogP contribution in [0, 0.1) is 5.41 Å². The van der Waals surface area contributed by atoms with E-state index in [9.17, 15) is 4.79 Å². The second-order valence-corrected chi connectivity index (χ2v) is 6.35. The smallest absolute Gasteiger partial charge is 0.312 e. The highest BCUT2D eigenvalue weighted by Gasteiger charge is 2.30. The molecule has 2 rings (SSSR count). The van der Waals surface area contributed by atoms with Gasteiger partial charge in [-0.05, 0) is 56.8 Å². The number of ether oxygens (including phenoxy) is 1. The maximum atomic E-state index is 11.2. The fraction of sp³-hybridized carbons (Fsp3) is 0.588. The molecule has 4 nitrogen and oxygen atoms in total. The van der Waals surface area contributed by atoms with Gasteiger partial charge in [0, 0.05) is 6.04 Å². The lowest BCUT2D eigenvalue weighted by Gasteiger charge is -2.21. The van der Waals surface area contributed by atoms with Crippen molar-refractivity contribution in [2.24, 2.45) is 5.41 Å². The van der Waals surface area contributed by atoms with Crippen molar-refractivity contribution in [3.05, 3.63) is 29.3 Å². The van der Waals surface area contributed by atoms with Crippen LogP contribution in [0.4, 0.5) is 0 Å². The Kier molecular flexibility index (Phi) is 4.88. The Bertz CT molecular complexity index is 511. The van der Waals surface area contributed by atoms with Gasteiger partial charge in [0.2, 0.25) is 0 Å². The molecule has 1 aliphatic carbocycles. The number of aliphatic carboxylic acids is 1. The van der Waals surface area contributed by atoms with E-state index < -0.39 is 11.4 Å². The molecule has 0 aromatic heterocycles. The Morgan fingerprint density at radius 2 is 2.24 bits per heavy atom. The zero-order chi connectivity index (χ0) is 15.5. The lowest BCUT2D eigenvalue weighted by atomic mass is 9.95. The van der Waals surface area contributed by atoms with Crippen LogP contribution in [-0.2, 0) is 11.2 Å². The van der Waals surface area contributed by atoms with Crippen LogP contribution in [0.1, 0.15) is 50.8 Å². The molecule has 116 valence electrons. The van der Waals surface area contributed by atoms with E-state index in [4.69, 9.17) is 9.84 Å². The Morgan fingerprint density at radius 3 is 2.90 bits per heavy atom. The molecule has 0 spiro atoms. The van der Waals surface area contributed by atoms with Gasteiger partial charge in [-0.3, -0.25) is 4.79 Å². The summed E-state index contributed by atoms with van der Waals surface area (Å²) in [7, 11) is 0. The first-order chi connectivity index (χ1) is 9.95. The molecule has 0 saturated heterocycles. The van der Waals surface area contributed by atoms with E-state index in [0.29, 0.717) is 6.04 Å². The molecule has 0 aliphatic heterocycles. The molecule has 0 bridgehead atoms. The topological polar surface area (TPSA) is 58.6 Å². The van der Waals surface area contributed by atoms with Crippen LogP contribution in [0.2, 0.25) is 0 Å². The van der Waals surface area contributed by atoms with Crippen molar-refractivity contribution in [3.63, 3.8) is 0 Å². The van der Waals surface area contributed by atoms with E-state index in [1.54, 1.807) is 13.8 Å². The molecule has 1 atom stereocenters. The minimum atomic E-state index is -0.874. The molecule has 21 heavy (non-hydrogen) atoms. The zero-order valence-corrected chi connectivity index (χ0v) is 13.1. The van der Waals surface area contributed by atoms with Crippen LogP contribution in [0.5, 0.6) is 5.75 Å². The first kappa shape index (κ1) is 15.8. The summed E-state index contributed by atoms with van der Waals surface area (Å²) in [5.74, 6) is 0.000175. The second kappa shape index (κ2) is 6.48. The highest BCUT2D eigenvalue weighted by Crippen LogP contribution is 2.37. The summed E-state index contributed by atoms with van der Waals surface area (Å²) in [5.41, 5.74) is 1.66. The van der Waals surface area contributed by atoms with Crippen molar-refractivity contribution in [2.45, 2.75) is 46.1 Å². The molecule has 0 fully saturated rings. The minimum Gasteiger partial charge on any atom is -0.492 e. The van der Waals surface area contributed by atoms with E-state index in [1.807, 2.05) is 12.1 Å². The Hall–Kier alpha value is -1.55. The Labute approximate surface area is 126 Å². The van der Waals surface area contributed by atoms with E-state index in [2.05, 4.69) is 18.3 Å². The SMILES string of the molecule is CCCNC1CCc2c(OCC(C)(C)C(=O)O)cccc21. The molecule has 1 aromatic carbocycles. The first-order valence-corrected chi connectivity index (χ1v) is 7.67. The van der Waals surface area contributed by atoms with Gasteiger partial charge in [-0.15, -0.1) is 0 Å². The van der Waals surface area contributed by atoms with Crippen LogP contribution >= 0.6 is 0 Å². The van der Waals surface area contributed by atoms with E-state index in [-0.39, 0.29) is 6.61 Å². The van der Waals surface area contributed by atoms with Crippen molar-refractivity contribution in [2.75, 3.05) is 13.2 Å². The van der Waals surface area contributed by atoms with Gasteiger partial charge in [-0.25, -0.2) is 0 Å². The summed E-state index contributed by atoms with van der Waals surface area (Å²) in [6.07, 6.45) is 3.19. The van der Waals surface area contributed by atoms with Crippen LogP contribution in [0.15, 0.2) is 18.2 Å². The normalized spacial score (nSPS) is 17.6. The highest BCUT2D eigenvalue weighted by atomic mass is 16.5. The van der Waals surface area contributed by atoms with Crippen molar-refractivity contribution in [1.82, 2.24) is 5.32 Å². The molecule has 0 heterocycles. The lowest BCUT2D eigenvalue weighted by molar-refractivity contribution is -0.148. The number of fused-ring (bicyclic) bond motifs is 1. The molecule has 2 N–H and O–H groups in total. The quantitative estimate of drug-likeness (QED) is 0.810. The number of rotatable bonds is 7. The number of hydrogen-bond donors (Lipinski definition) is 2. The molecular weight excluding hydrogens is 266 g/mol. The number of carboxylic acids is 1. The highest BCUT2D eigenvalue weighted by molar-refractivity contribution is 5.73. The number of carboxylic acid groups (broad SMARTS) is 1. The molecule has 4 heteroatoms. The predicted molar refractivity (Wildman–Crippen MR) is 82.7 cm³/mol. The van der Waals surface area contributed by atoms with Crippen LogP contribution < -0.4 is 10.1 Å². The summed E-state index contributed by atoms with van der Waals surface area (Å²) < 4.78 is 5.82. The predicted octanol–water partition coefficient (Wildman–Crippen LogP) is 3.16. The molecular formula is C17H25NO3. The summed E-state index contributed by atoms with van der Waals surface area (Å²) in [5, 5.41) is 12.7. The first-order valence-electron chi connectivity index (χ1n) is 7.67. The fourth-order valence-electron chi connectivity index (χ4n) is 2.61. The van der Waals surface area contributed by atoms with E-state index in [1.165, 1.54) is 11.1 Å². The van der Waals surface area contributed by atoms with Gasteiger partial charge in [-0.2, -0.15) is 0 Å². The number of benzene rings is 1. The summed E-state index contributed by atoms with van der Waals surface area (Å²) in [4.78, 5) is 11.2. The maximum absolute atomic E-state index is 11.2. The summed E-state index contributed by atoms with van der Waals surface area (Å²) >= 11 is 0. The van der Waals surface area contributed by atoms with E-state index >= 15 is 0 Å². The average molecular weight is 291 g/mol. The number of hydrogen-bond acceptors (Lipinski definition) is 3. The Morgan fingerprint density at radius 1 is 1.48 bits per heavy atom. The van der Waals surface area contributed by atoms with Crippen LogP contribution in [0.25, 0.3) is 0 Å². The standard InChI is InChI=1S/C17H25NO3/c1-4-10-18-14-9-8-13-12(14)6-5-7-15(13)21-11-17(2,3)16(19)20/h5-7,14,18H,4,8-11H2,1-3H3,(H,19,20). The van der Waals surface area contributed by atoms with Crippen LogP contribution in [-0.4, -0.2) is 24.2 Å². The maximum Gasteiger partial charge on any atom is 0.312 e. The van der Waals surface area contributed by atoms with Gasteiger partial charge in [0.15, 0.2) is 0 Å². The van der Waals surface area contributed by atoms with E-state index in [0.717, 1.165) is 31.6 Å². The molecule has 0 amide bonds. The van der Waals surface area contributed by atoms with Crippen molar-refractivity contribution < 1.29 is 14.6 Å².